The van der Waals surface area contributed by atoms with Gasteiger partial charge in [-0.1, -0.05) is 22.8 Å². The largest absolute Gasteiger partial charge is 0.363 e. The minimum absolute atomic E-state index is 0.180. The molecule has 0 fully saturated rings. The topological polar surface area (TPSA) is 33.6 Å². The summed E-state index contributed by atoms with van der Waals surface area (Å²) in [6.07, 6.45) is -0.180. The van der Waals surface area contributed by atoms with Crippen LogP contribution in [0.15, 0.2) is 46.9 Å². The second-order valence-corrected chi connectivity index (χ2v) is 5.01. The quantitative estimate of drug-likeness (QED) is 0.902. The molecule has 2 aromatic rings. The van der Waals surface area contributed by atoms with E-state index in [9.17, 15) is 0 Å². The molecule has 1 aliphatic heterocycles. The van der Waals surface area contributed by atoms with Gasteiger partial charge in [-0.2, -0.15) is 0 Å². The van der Waals surface area contributed by atoms with Crippen LogP contribution in [-0.4, -0.2) is 5.84 Å². The number of oxime groups is 1. The molecular weight excluding hydrogens is 256 g/mol. The van der Waals surface area contributed by atoms with E-state index in [1.54, 1.807) is 11.3 Å². The molecule has 0 radical (unpaired) electrons. The maximum absolute atomic E-state index is 5.84. The van der Waals surface area contributed by atoms with E-state index in [0.717, 1.165) is 16.3 Å². The van der Waals surface area contributed by atoms with Gasteiger partial charge in [0.15, 0.2) is 5.84 Å². The first-order valence-electron chi connectivity index (χ1n) is 5.12. The van der Waals surface area contributed by atoms with E-state index in [2.05, 4.69) is 10.5 Å². The van der Waals surface area contributed by atoms with Crippen molar-refractivity contribution in [2.75, 3.05) is 0 Å². The third-order valence-corrected chi connectivity index (χ3v) is 3.60. The number of hydrogen-bond acceptors (Lipinski definition) is 4. The second kappa shape index (κ2) is 4.39. The summed E-state index contributed by atoms with van der Waals surface area (Å²) >= 11 is 7.48. The molecule has 1 atom stereocenters. The predicted octanol–water partition coefficient (Wildman–Crippen LogP) is 3.38. The Labute approximate surface area is 108 Å². The molecule has 1 unspecified atom stereocenters. The lowest BCUT2D eigenvalue weighted by Crippen LogP contribution is -2.22. The van der Waals surface area contributed by atoms with Crippen LogP contribution in [0.2, 0.25) is 5.02 Å². The Morgan fingerprint density at radius 3 is 2.76 bits per heavy atom. The molecule has 3 rings (SSSR count). The number of thiophene rings is 1. The van der Waals surface area contributed by atoms with Crippen molar-refractivity contribution in [3.63, 3.8) is 0 Å². The SMILES string of the molecule is Clc1ccc(C2=NOC(c3cccs3)N2)cc1. The van der Waals surface area contributed by atoms with Crippen LogP contribution in [0.1, 0.15) is 16.7 Å². The van der Waals surface area contributed by atoms with Gasteiger partial charge >= 0.3 is 0 Å². The molecule has 0 bridgehead atoms. The lowest BCUT2D eigenvalue weighted by molar-refractivity contribution is 0.0756. The van der Waals surface area contributed by atoms with Gasteiger partial charge in [-0.05, 0) is 35.7 Å². The zero-order valence-electron chi connectivity index (χ0n) is 8.76. The van der Waals surface area contributed by atoms with E-state index in [0.29, 0.717) is 5.02 Å². The Kier molecular flexibility index (Phi) is 2.74. The van der Waals surface area contributed by atoms with Crippen LogP contribution < -0.4 is 5.32 Å². The minimum atomic E-state index is -0.180. The number of halogens is 1. The summed E-state index contributed by atoms with van der Waals surface area (Å²) < 4.78 is 0. The number of nitrogens with zero attached hydrogens (tertiary/aromatic N) is 1. The summed E-state index contributed by atoms with van der Waals surface area (Å²) in [5.74, 6) is 0.736. The fraction of sp³-hybridized carbons (Fsp3) is 0.0833. The van der Waals surface area contributed by atoms with Crippen LogP contribution >= 0.6 is 22.9 Å². The highest BCUT2D eigenvalue weighted by atomic mass is 35.5. The van der Waals surface area contributed by atoms with Gasteiger partial charge in [-0.3, -0.25) is 0 Å². The van der Waals surface area contributed by atoms with E-state index < -0.39 is 0 Å². The maximum Gasteiger partial charge on any atom is 0.234 e. The third-order valence-electron chi connectivity index (χ3n) is 2.44. The molecule has 0 aliphatic carbocycles. The van der Waals surface area contributed by atoms with Crippen LogP contribution in [0.3, 0.4) is 0 Å². The summed E-state index contributed by atoms with van der Waals surface area (Å²) in [6, 6.07) is 11.5. The Morgan fingerprint density at radius 2 is 2.06 bits per heavy atom. The number of rotatable bonds is 2. The van der Waals surface area contributed by atoms with Crippen LogP contribution in [0.25, 0.3) is 0 Å². The van der Waals surface area contributed by atoms with Gasteiger partial charge < -0.3 is 10.2 Å². The van der Waals surface area contributed by atoms with Gasteiger partial charge in [0.25, 0.3) is 0 Å². The molecule has 1 N–H and O–H groups in total. The molecule has 1 aliphatic rings. The van der Waals surface area contributed by atoms with Crippen LogP contribution in [0.5, 0.6) is 0 Å². The summed E-state index contributed by atoms with van der Waals surface area (Å²) in [7, 11) is 0. The molecule has 0 spiro atoms. The molecule has 5 heteroatoms. The van der Waals surface area contributed by atoms with E-state index in [-0.39, 0.29) is 6.23 Å². The number of benzene rings is 1. The highest BCUT2D eigenvalue weighted by Crippen LogP contribution is 2.24. The van der Waals surface area contributed by atoms with Crippen molar-refractivity contribution in [3.8, 4) is 0 Å². The molecule has 0 saturated carbocycles. The second-order valence-electron chi connectivity index (χ2n) is 3.59. The number of hydrogen-bond donors (Lipinski definition) is 1. The van der Waals surface area contributed by atoms with Gasteiger partial charge in [0.2, 0.25) is 6.23 Å². The van der Waals surface area contributed by atoms with Crippen LogP contribution in [0, 0.1) is 0 Å². The number of nitrogens with one attached hydrogen (secondary N) is 1. The zero-order valence-corrected chi connectivity index (χ0v) is 10.3. The number of amidine groups is 1. The van der Waals surface area contributed by atoms with Crippen molar-refractivity contribution in [3.05, 3.63) is 57.2 Å². The molecule has 1 aromatic carbocycles. The van der Waals surface area contributed by atoms with Crippen molar-refractivity contribution in [1.82, 2.24) is 5.32 Å². The molecule has 86 valence electrons. The normalized spacial score (nSPS) is 18.4. The molecule has 2 heterocycles. The smallest absolute Gasteiger partial charge is 0.234 e. The van der Waals surface area contributed by atoms with E-state index in [4.69, 9.17) is 16.4 Å². The fourth-order valence-corrected chi connectivity index (χ4v) is 2.41. The van der Waals surface area contributed by atoms with Crippen LogP contribution in [0.4, 0.5) is 0 Å². The molecular formula is C12H9ClN2OS. The summed E-state index contributed by atoms with van der Waals surface area (Å²) in [6.45, 7) is 0. The van der Waals surface area contributed by atoms with Crippen molar-refractivity contribution in [1.29, 1.82) is 0 Å². The lowest BCUT2D eigenvalue weighted by Gasteiger charge is -2.07. The van der Waals surface area contributed by atoms with Crippen molar-refractivity contribution >= 4 is 28.8 Å². The van der Waals surface area contributed by atoms with E-state index >= 15 is 0 Å². The highest BCUT2D eigenvalue weighted by molar-refractivity contribution is 7.10. The van der Waals surface area contributed by atoms with Gasteiger partial charge in [0.1, 0.15) is 0 Å². The zero-order chi connectivity index (χ0) is 11.7. The van der Waals surface area contributed by atoms with E-state index in [1.807, 2.05) is 41.8 Å². The van der Waals surface area contributed by atoms with Crippen molar-refractivity contribution in [2.45, 2.75) is 6.23 Å². The summed E-state index contributed by atoms with van der Waals surface area (Å²) in [5, 5.41) is 9.99. The molecule has 0 saturated heterocycles. The summed E-state index contributed by atoms with van der Waals surface area (Å²) in [4.78, 5) is 6.46. The summed E-state index contributed by atoms with van der Waals surface area (Å²) in [5.41, 5.74) is 0.966. The minimum Gasteiger partial charge on any atom is -0.363 e. The first-order valence-corrected chi connectivity index (χ1v) is 6.38. The Morgan fingerprint density at radius 1 is 1.24 bits per heavy atom. The van der Waals surface area contributed by atoms with Crippen LogP contribution in [-0.2, 0) is 4.84 Å². The molecule has 0 amide bonds. The average molecular weight is 265 g/mol. The molecule has 1 aromatic heterocycles. The highest BCUT2D eigenvalue weighted by Gasteiger charge is 2.22. The molecule has 17 heavy (non-hydrogen) atoms. The first kappa shape index (κ1) is 10.6. The first-order chi connectivity index (χ1) is 8.33. The van der Waals surface area contributed by atoms with E-state index in [1.165, 1.54) is 0 Å². The monoisotopic (exact) mass is 264 g/mol. The third kappa shape index (κ3) is 2.14. The Balaban J connectivity index is 1.77. The van der Waals surface area contributed by atoms with Crippen molar-refractivity contribution < 1.29 is 4.84 Å². The molecule has 3 nitrogen and oxygen atoms in total. The fourth-order valence-electron chi connectivity index (χ4n) is 1.59. The van der Waals surface area contributed by atoms with Gasteiger partial charge in [-0.25, -0.2) is 0 Å². The maximum atomic E-state index is 5.84. The standard InChI is InChI=1S/C12H9ClN2OS/c13-9-5-3-8(4-6-9)11-14-12(16-15-11)10-2-1-7-17-10/h1-7,12H,(H,14,15). The predicted molar refractivity (Wildman–Crippen MR) is 69.3 cm³/mol. The van der Waals surface area contributed by atoms with Gasteiger partial charge in [0.05, 0.1) is 4.88 Å². The Hall–Kier alpha value is -1.52. The van der Waals surface area contributed by atoms with Gasteiger partial charge in [-0.15, -0.1) is 11.3 Å². The Bertz CT molecular complexity index is 536. The lowest BCUT2D eigenvalue weighted by atomic mass is 10.2. The van der Waals surface area contributed by atoms with Crippen molar-refractivity contribution in [2.24, 2.45) is 5.16 Å². The average Bonchev–Trinajstić information content (AvgIpc) is 3.00. The van der Waals surface area contributed by atoms with Gasteiger partial charge in [0, 0.05) is 10.6 Å².